The van der Waals surface area contributed by atoms with E-state index in [1.165, 1.54) is 27.9 Å². The lowest BCUT2D eigenvalue weighted by Gasteiger charge is -2.53. The van der Waals surface area contributed by atoms with Gasteiger partial charge < -0.3 is 43.0 Å². The molecule has 3 saturated heterocycles. The van der Waals surface area contributed by atoms with Crippen LogP contribution in [-0.2, 0) is 58.9 Å². The number of carbonyl (C=O) groups excluding carboxylic acids is 3. The highest BCUT2D eigenvalue weighted by molar-refractivity contribution is 5.67. The third-order valence-electron chi connectivity index (χ3n) is 8.39. The number of benzene rings is 1. The Morgan fingerprint density at radius 2 is 1.77 bits per heavy atom. The van der Waals surface area contributed by atoms with Crippen molar-refractivity contribution in [2.24, 2.45) is 0 Å². The summed E-state index contributed by atoms with van der Waals surface area (Å²) in [6.07, 6.45) is -3.26. The van der Waals surface area contributed by atoms with Gasteiger partial charge in [0.15, 0.2) is 18.0 Å². The van der Waals surface area contributed by atoms with E-state index < -0.39 is 65.9 Å². The maximum atomic E-state index is 12.4. The minimum atomic E-state index is -1.27. The summed E-state index contributed by atoms with van der Waals surface area (Å²) in [6.45, 7) is 5.71. The van der Waals surface area contributed by atoms with Crippen molar-refractivity contribution in [3.63, 3.8) is 0 Å². The number of fused-ring (bicyclic) bond motifs is 2. The lowest BCUT2D eigenvalue weighted by molar-refractivity contribution is -0.383. The third kappa shape index (κ3) is 7.73. The molecule has 0 aromatic heterocycles. The number of hydrogen-bond donors (Lipinski definition) is 1. The lowest BCUT2D eigenvalue weighted by atomic mass is 9.84. The predicted octanol–water partition coefficient (Wildman–Crippen LogP) is 2.61. The van der Waals surface area contributed by atoms with Crippen LogP contribution >= 0.6 is 0 Å². The molecule has 3 aliphatic heterocycles. The zero-order valence-corrected chi connectivity index (χ0v) is 25.5. The Balaban J connectivity index is 1.72. The Morgan fingerprint density at radius 3 is 2.37 bits per heavy atom. The van der Waals surface area contributed by atoms with Gasteiger partial charge in [0.2, 0.25) is 0 Å². The topological polar surface area (TPSA) is 145 Å². The monoisotopic (exact) mass is 608 g/mol. The Morgan fingerprint density at radius 1 is 1.02 bits per heavy atom. The van der Waals surface area contributed by atoms with E-state index in [4.69, 9.17) is 37.9 Å². The number of aliphatic hydroxyl groups excluding tert-OH is 1. The second-order valence-corrected chi connectivity index (χ2v) is 11.4. The molecule has 0 aliphatic carbocycles. The number of esters is 3. The van der Waals surface area contributed by atoms with Crippen LogP contribution in [0.15, 0.2) is 30.3 Å². The summed E-state index contributed by atoms with van der Waals surface area (Å²) in [7, 11) is 1.52. The highest BCUT2D eigenvalue weighted by atomic mass is 16.8. The Labute approximate surface area is 252 Å². The van der Waals surface area contributed by atoms with Crippen LogP contribution in [0.2, 0.25) is 0 Å². The summed E-state index contributed by atoms with van der Waals surface area (Å²) in [5.41, 5.74) is -0.291. The van der Waals surface area contributed by atoms with Gasteiger partial charge in [0, 0.05) is 47.3 Å². The molecule has 3 aliphatic rings. The van der Waals surface area contributed by atoms with Crippen molar-refractivity contribution in [3.8, 4) is 0 Å². The fourth-order valence-corrected chi connectivity index (χ4v) is 6.32. The first-order valence-electron chi connectivity index (χ1n) is 14.9. The number of rotatable bonds is 13. The smallest absolute Gasteiger partial charge is 0.303 e. The maximum absolute atomic E-state index is 12.4. The van der Waals surface area contributed by atoms with Crippen LogP contribution in [0.3, 0.4) is 0 Å². The van der Waals surface area contributed by atoms with Crippen LogP contribution < -0.4 is 0 Å². The van der Waals surface area contributed by atoms with E-state index >= 15 is 0 Å². The molecule has 9 atom stereocenters. The molecule has 12 heteroatoms. The summed E-state index contributed by atoms with van der Waals surface area (Å²) in [4.78, 5) is 36.4. The van der Waals surface area contributed by atoms with E-state index in [1.807, 2.05) is 37.3 Å². The normalized spacial score (nSPS) is 33.0. The molecule has 3 heterocycles. The van der Waals surface area contributed by atoms with Gasteiger partial charge in [-0.1, -0.05) is 37.3 Å². The quantitative estimate of drug-likeness (QED) is 0.260. The van der Waals surface area contributed by atoms with Crippen LogP contribution in [0, 0.1) is 0 Å². The molecular weight excluding hydrogens is 564 g/mol. The third-order valence-corrected chi connectivity index (χ3v) is 8.39. The van der Waals surface area contributed by atoms with Gasteiger partial charge in [-0.15, -0.1) is 0 Å². The van der Waals surface area contributed by atoms with Gasteiger partial charge in [-0.3, -0.25) is 14.4 Å². The lowest BCUT2D eigenvalue weighted by Crippen LogP contribution is -2.69. The first kappa shape index (κ1) is 33.3. The van der Waals surface area contributed by atoms with Crippen LogP contribution in [-0.4, -0.2) is 97.5 Å². The molecule has 1 aromatic rings. The standard InChI is InChI=1S/C31H44O12/c1-6-30(42-21(4)35,18-38-19(2)33)16-24-25(37-17-22-10-8-7-9-11-22)27-26(41-24)28(39-20(3)34)29-31(36-5,43-27)14-12-23(40-29)13-15-32/h7-11,23-29,32H,6,12-18H2,1-5H3/t23-,24-,25+,26-,27+,28+,29-,30+,31?/m1/s1. The van der Waals surface area contributed by atoms with Gasteiger partial charge >= 0.3 is 17.9 Å². The van der Waals surface area contributed by atoms with Crippen molar-refractivity contribution < 1.29 is 57.4 Å². The van der Waals surface area contributed by atoms with Crippen molar-refractivity contribution >= 4 is 17.9 Å². The minimum absolute atomic E-state index is 0.0614. The number of carbonyl (C=O) groups is 3. The fraction of sp³-hybridized carbons (Fsp3) is 0.710. The largest absolute Gasteiger partial charge is 0.462 e. The van der Waals surface area contributed by atoms with Gasteiger partial charge in [0.05, 0.1) is 18.8 Å². The van der Waals surface area contributed by atoms with E-state index in [-0.39, 0.29) is 32.3 Å². The number of hydrogen-bond acceptors (Lipinski definition) is 12. The van der Waals surface area contributed by atoms with Crippen molar-refractivity contribution in [3.05, 3.63) is 35.9 Å². The average Bonchev–Trinajstić information content (AvgIpc) is 3.31. The second-order valence-electron chi connectivity index (χ2n) is 11.4. The molecule has 0 radical (unpaired) electrons. The molecular formula is C31H44O12. The van der Waals surface area contributed by atoms with Crippen LogP contribution in [0.5, 0.6) is 0 Å². The Hall–Kier alpha value is -2.61. The number of methoxy groups -OCH3 is 1. The predicted molar refractivity (Wildman–Crippen MR) is 149 cm³/mol. The SMILES string of the molecule is CC[C@@](COC(C)=O)(C[C@H]1O[C@@H]2[C@@H](OC3(OC)CC[C@H](CCO)O[C@@H]3[C@H]2OC(C)=O)[C@H]1OCc1ccccc1)OC(C)=O. The number of ether oxygens (including phenoxy) is 8. The second kappa shape index (κ2) is 14.4. The molecule has 4 rings (SSSR count). The zero-order chi connectivity index (χ0) is 31.2. The molecule has 0 amide bonds. The molecule has 0 saturated carbocycles. The summed E-state index contributed by atoms with van der Waals surface area (Å²) in [5.74, 6) is -2.85. The summed E-state index contributed by atoms with van der Waals surface area (Å²) < 4.78 is 49.1. The van der Waals surface area contributed by atoms with Gasteiger partial charge in [-0.25, -0.2) is 0 Å². The highest BCUT2D eigenvalue weighted by Crippen LogP contribution is 2.48. The van der Waals surface area contributed by atoms with Gasteiger partial charge in [0.1, 0.15) is 30.5 Å². The van der Waals surface area contributed by atoms with Crippen LogP contribution in [0.1, 0.15) is 65.4 Å². The van der Waals surface area contributed by atoms with Crippen LogP contribution in [0.25, 0.3) is 0 Å². The first-order valence-corrected chi connectivity index (χ1v) is 14.9. The molecule has 3 fully saturated rings. The number of aliphatic hydroxyl groups is 1. The summed E-state index contributed by atoms with van der Waals surface area (Å²) >= 11 is 0. The molecule has 12 nitrogen and oxygen atoms in total. The summed E-state index contributed by atoms with van der Waals surface area (Å²) in [6, 6.07) is 9.60. The molecule has 1 unspecified atom stereocenters. The van der Waals surface area contributed by atoms with E-state index in [9.17, 15) is 19.5 Å². The van der Waals surface area contributed by atoms with E-state index in [2.05, 4.69) is 0 Å². The Kier molecular flexibility index (Phi) is 11.2. The van der Waals surface area contributed by atoms with E-state index in [0.29, 0.717) is 25.7 Å². The average molecular weight is 609 g/mol. The van der Waals surface area contributed by atoms with Crippen molar-refractivity contribution in [2.45, 2.75) is 121 Å². The van der Waals surface area contributed by atoms with Crippen molar-refractivity contribution in [1.29, 1.82) is 0 Å². The molecule has 0 spiro atoms. The minimum Gasteiger partial charge on any atom is -0.462 e. The van der Waals surface area contributed by atoms with Crippen molar-refractivity contribution in [1.82, 2.24) is 0 Å². The van der Waals surface area contributed by atoms with E-state index in [1.54, 1.807) is 0 Å². The molecule has 1 aromatic carbocycles. The first-order chi connectivity index (χ1) is 20.5. The molecule has 1 N–H and O–H groups in total. The molecule has 43 heavy (non-hydrogen) atoms. The molecule has 240 valence electrons. The van der Waals surface area contributed by atoms with Gasteiger partial charge in [-0.05, 0) is 24.8 Å². The maximum Gasteiger partial charge on any atom is 0.303 e. The van der Waals surface area contributed by atoms with Gasteiger partial charge in [-0.2, -0.15) is 0 Å². The van der Waals surface area contributed by atoms with Crippen LogP contribution in [0.4, 0.5) is 0 Å². The Bertz CT molecular complexity index is 1100. The zero-order valence-electron chi connectivity index (χ0n) is 25.5. The fourth-order valence-electron chi connectivity index (χ4n) is 6.32. The van der Waals surface area contributed by atoms with E-state index in [0.717, 1.165) is 5.56 Å². The van der Waals surface area contributed by atoms with Crippen molar-refractivity contribution in [2.75, 3.05) is 20.3 Å². The highest BCUT2D eigenvalue weighted by Gasteiger charge is 2.66. The summed E-state index contributed by atoms with van der Waals surface area (Å²) in [5, 5.41) is 9.56. The molecule has 0 bridgehead atoms. The van der Waals surface area contributed by atoms with Gasteiger partial charge in [0.25, 0.3) is 0 Å².